The number of likely N-dealkylation sites (tertiary alicyclic amines) is 1. The van der Waals surface area contributed by atoms with Crippen molar-refractivity contribution in [3.05, 3.63) is 65.5 Å². The Morgan fingerprint density at radius 1 is 1.11 bits per heavy atom. The van der Waals surface area contributed by atoms with Gasteiger partial charge in [0.15, 0.2) is 0 Å². The molecule has 5 nitrogen and oxygen atoms in total. The largest absolute Gasteiger partial charge is 0.353 e. The number of pyridine rings is 1. The Hall–Kier alpha value is -2.69. The van der Waals surface area contributed by atoms with Gasteiger partial charge in [-0.15, -0.1) is 0 Å². The molecule has 0 saturated carbocycles. The average molecular weight is 365 g/mol. The first-order valence-corrected chi connectivity index (χ1v) is 9.58. The zero-order valence-corrected chi connectivity index (χ0v) is 16.0. The molecule has 3 rings (SSSR count). The molecule has 1 saturated heterocycles. The van der Waals surface area contributed by atoms with Crippen molar-refractivity contribution in [2.75, 3.05) is 13.1 Å². The fraction of sp³-hybridized carbons (Fsp3) is 0.409. The lowest BCUT2D eigenvalue weighted by Crippen LogP contribution is -2.47. The van der Waals surface area contributed by atoms with Gasteiger partial charge in [0.05, 0.1) is 0 Å². The average Bonchev–Trinajstić information content (AvgIpc) is 2.70. The van der Waals surface area contributed by atoms with Crippen molar-refractivity contribution in [3.8, 4) is 0 Å². The number of aryl methyl sites for hydroxylation is 1. The van der Waals surface area contributed by atoms with Gasteiger partial charge in [0.1, 0.15) is 0 Å². The Morgan fingerprint density at radius 2 is 1.74 bits per heavy atom. The molecule has 142 valence electrons. The summed E-state index contributed by atoms with van der Waals surface area (Å²) >= 11 is 0. The van der Waals surface area contributed by atoms with Crippen LogP contribution in [0.2, 0.25) is 0 Å². The van der Waals surface area contributed by atoms with E-state index in [0.717, 1.165) is 19.3 Å². The molecule has 0 aliphatic carbocycles. The number of carbonyl (C=O) groups is 2. The van der Waals surface area contributed by atoms with Crippen LogP contribution in [0, 0.1) is 12.8 Å². The highest BCUT2D eigenvalue weighted by atomic mass is 16.2. The Labute approximate surface area is 160 Å². The van der Waals surface area contributed by atoms with E-state index in [-0.39, 0.29) is 23.8 Å². The number of nitrogens with zero attached hydrogens (tertiary/aromatic N) is 2. The predicted octanol–water partition coefficient (Wildman–Crippen LogP) is 2.99. The van der Waals surface area contributed by atoms with Crippen LogP contribution in [0.5, 0.6) is 0 Å². The van der Waals surface area contributed by atoms with Gasteiger partial charge in [-0.05, 0) is 43.9 Å². The van der Waals surface area contributed by atoms with E-state index in [1.165, 1.54) is 11.1 Å². The van der Waals surface area contributed by atoms with E-state index in [1.54, 1.807) is 24.5 Å². The van der Waals surface area contributed by atoms with Crippen LogP contribution < -0.4 is 5.32 Å². The SMILES string of the molecule is Cc1ccc(CC(C)C(=O)NC2CCN(C(=O)c3ccncc3)CC2)cc1. The molecule has 2 amide bonds. The minimum absolute atomic E-state index is 0.0370. The van der Waals surface area contributed by atoms with Gasteiger partial charge in [-0.1, -0.05) is 36.8 Å². The summed E-state index contributed by atoms with van der Waals surface area (Å²) in [6.45, 7) is 5.36. The summed E-state index contributed by atoms with van der Waals surface area (Å²) in [5.74, 6) is 0.0635. The number of aromatic nitrogens is 1. The highest BCUT2D eigenvalue weighted by Crippen LogP contribution is 2.15. The van der Waals surface area contributed by atoms with Crippen molar-refractivity contribution in [1.82, 2.24) is 15.2 Å². The summed E-state index contributed by atoms with van der Waals surface area (Å²) in [5.41, 5.74) is 3.07. The molecule has 0 bridgehead atoms. The van der Waals surface area contributed by atoms with Crippen LogP contribution in [-0.2, 0) is 11.2 Å². The standard InChI is InChI=1S/C22H27N3O2/c1-16-3-5-18(6-4-16)15-17(2)21(26)24-20-9-13-25(14-10-20)22(27)19-7-11-23-12-8-19/h3-8,11-12,17,20H,9-10,13-15H2,1-2H3,(H,24,26). The van der Waals surface area contributed by atoms with Gasteiger partial charge < -0.3 is 10.2 Å². The molecule has 1 atom stereocenters. The molecule has 1 aliphatic heterocycles. The molecule has 1 unspecified atom stereocenters. The molecule has 5 heteroatoms. The Morgan fingerprint density at radius 3 is 2.37 bits per heavy atom. The number of hydrogen-bond donors (Lipinski definition) is 1. The van der Waals surface area contributed by atoms with Gasteiger partial charge >= 0.3 is 0 Å². The Balaban J connectivity index is 1.46. The predicted molar refractivity (Wildman–Crippen MR) is 105 cm³/mol. The zero-order valence-electron chi connectivity index (χ0n) is 16.0. The van der Waals surface area contributed by atoms with Crippen LogP contribution in [0.3, 0.4) is 0 Å². The zero-order chi connectivity index (χ0) is 19.2. The van der Waals surface area contributed by atoms with Crippen molar-refractivity contribution in [1.29, 1.82) is 0 Å². The molecule has 2 aromatic rings. The molecule has 0 spiro atoms. The first kappa shape index (κ1) is 19.1. The van der Waals surface area contributed by atoms with E-state index in [9.17, 15) is 9.59 Å². The Kier molecular flexibility index (Phi) is 6.22. The van der Waals surface area contributed by atoms with E-state index in [1.807, 2.05) is 11.8 Å². The maximum absolute atomic E-state index is 12.5. The van der Waals surface area contributed by atoms with E-state index in [0.29, 0.717) is 18.7 Å². The highest BCUT2D eigenvalue weighted by Gasteiger charge is 2.25. The minimum Gasteiger partial charge on any atom is -0.353 e. The van der Waals surface area contributed by atoms with Crippen LogP contribution in [0.25, 0.3) is 0 Å². The maximum Gasteiger partial charge on any atom is 0.253 e. The van der Waals surface area contributed by atoms with Gasteiger partial charge in [-0.25, -0.2) is 0 Å². The molecule has 2 heterocycles. The first-order valence-electron chi connectivity index (χ1n) is 9.58. The number of hydrogen-bond acceptors (Lipinski definition) is 3. The lowest BCUT2D eigenvalue weighted by Gasteiger charge is -2.33. The van der Waals surface area contributed by atoms with Crippen LogP contribution in [0.15, 0.2) is 48.8 Å². The molecule has 1 aromatic carbocycles. The number of amides is 2. The molecule has 0 radical (unpaired) electrons. The van der Waals surface area contributed by atoms with E-state index in [2.05, 4.69) is 41.5 Å². The second-order valence-corrected chi connectivity index (χ2v) is 7.40. The van der Waals surface area contributed by atoms with Gasteiger partial charge in [0, 0.05) is 43.0 Å². The number of rotatable bonds is 5. The van der Waals surface area contributed by atoms with Crippen LogP contribution in [0.4, 0.5) is 0 Å². The number of carbonyl (C=O) groups excluding carboxylic acids is 2. The fourth-order valence-electron chi connectivity index (χ4n) is 3.42. The topological polar surface area (TPSA) is 62.3 Å². The lowest BCUT2D eigenvalue weighted by atomic mass is 9.98. The number of nitrogens with one attached hydrogen (secondary N) is 1. The molecule has 1 aliphatic rings. The van der Waals surface area contributed by atoms with Crippen molar-refractivity contribution in [2.24, 2.45) is 5.92 Å². The molecular weight excluding hydrogens is 338 g/mol. The summed E-state index contributed by atoms with van der Waals surface area (Å²) < 4.78 is 0. The van der Waals surface area contributed by atoms with E-state index in [4.69, 9.17) is 0 Å². The quantitative estimate of drug-likeness (QED) is 0.886. The summed E-state index contributed by atoms with van der Waals surface area (Å²) in [5, 5.41) is 3.16. The van der Waals surface area contributed by atoms with E-state index < -0.39 is 0 Å². The molecular formula is C22H27N3O2. The molecule has 1 aromatic heterocycles. The van der Waals surface area contributed by atoms with Crippen molar-refractivity contribution in [3.63, 3.8) is 0 Å². The molecule has 27 heavy (non-hydrogen) atoms. The third-order valence-electron chi connectivity index (χ3n) is 5.17. The van der Waals surface area contributed by atoms with Crippen molar-refractivity contribution in [2.45, 2.75) is 39.2 Å². The summed E-state index contributed by atoms with van der Waals surface area (Å²) in [4.78, 5) is 30.8. The minimum atomic E-state index is -0.0656. The lowest BCUT2D eigenvalue weighted by molar-refractivity contribution is -0.125. The third kappa shape index (κ3) is 5.16. The maximum atomic E-state index is 12.5. The van der Waals surface area contributed by atoms with Crippen LogP contribution >= 0.6 is 0 Å². The third-order valence-corrected chi connectivity index (χ3v) is 5.17. The van der Waals surface area contributed by atoms with Crippen molar-refractivity contribution < 1.29 is 9.59 Å². The second kappa shape index (κ2) is 8.80. The van der Waals surface area contributed by atoms with Gasteiger partial charge in [-0.3, -0.25) is 14.6 Å². The highest BCUT2D eigenvalue weighted by molar-refractivity contribution is 5.94. The Bertz CT molecular complexity index is 766. The first-order chi connectivity index (χ1) is 13.0. The fourth-order valence-corrected chi connectivity index (χ4v) is 3.42. The van der Waals surface area contributed by atoms with Crippen LogP contribution in [-0.4, -0.2) is 40.8 Å². The summed E-state index contributed by atoms with van der Waals surface area (Å²) in [6, 6.07) is 11.9. The summed E-state index contributed by atoms with van der Waals surface area (Å²) in [6.07, 6.45) is 5.59. The van der Waals surface area contributed by atoms with Gasteiger partial charge in [0.25, 0.3) is 5.91 Å². The normalized spacial score (nSPS) is 16.0. The number of piperidine rings is 1. The van der Waals surface area contributed by atoms with Gasteiger partial charge in [0.2, 0.25) is 5.91 Å². The smallest absolute Gasteiger partial charge is 0.253 e. The monoisotopic (exact) mass is 365 g/mol. The number of benzene rings is 1. The summed E-state index contributed by atoms with van der Waals surface area (Å²) in [7, 11) is 0. The molecule has 1 N–H and O–H groups in total. The van der Waals surface area contributed by atoms with Gasteiger partial charge in [-0.2, -0.15) is 0 Å². The second-order valence-electron chi connectivity index (χ2n) is 7.40. The molecule has 1 fully saturated rings. The van der Waals surface area contributed by atoms with Crippen molar-refractivity contribution >= 4 is 11.8 Å². The van der Waals surface area contributed by atoms with E-state index >= 15 is 0 Å². The van der Waals surface area contributed by atoms with Crippen LogP contribution in [0.1, 0.15) is 41.3 Å².